The van der Waals surface area contributed by atoms with E-state index in [1.165, 1.54) is 22.5 Å². The van der Waals surface area contributed by atoms with Crippen LogP contribution in [-0.2, 0) is 23.0 Å². The molecule has 2 aliphatic heterocycles. The molecule has 3 aromatic rings. The van der Waals surface area contributed by atoms with Crippen LogP contribution in [0.15, 0.2) is 47.4 Å². The van der Waals surface area contributed by atoms with Gasteiger partial charge in [0.25, 0.3) is 0 Å². The van der Waals surface area contributed by atoms with Crippen LogP contribution in [0.3, 0.4) is 0 Å². The number of fused-ring (bicyclic) bond motifs is 1. The first-order valence-electron chi connectivity index (χ1n) is 11.6. The van der Waals surface area contributed by atoms with Crippen LogP contribution in [0.1, 0.15) is 36.1 Å². The van der Waals surface area contributed by atoms with Crippen molar-refractivity contribution in [3.63, 3.8) is 0 Å². The molecule has 0 bridgehead atoms. The first-order chi connectivity index (χ1) is 17.4. The van der Waals surface area contributed by atoms with Crippen LogP contribution >= 0.6 is 0 Å². The zero-order valence-corrected chi connectivity index (χ0v) is 20.1. The summed E-state index contributed by atoms with van der Waals surface area (Å²) in [4.78, 5) is 11.2. The molecule has 1 fully saturated rings. The lowest BCUT2D eigenvalue weighted by atomic mass is 10.1. The van der Waals surface area contributed by atoms with Gasteiger partial charge >= 0.3 is 0 Å². The fraction of sp³-hybridized carbons (Fsp3) is 0.320. The van der Waals surface area contributed by atoms with Crippen molar-refractivity contribution in [1.82, 2.24) is 14.3 Å². The van der Waals surface area contributed by atoms with E-state index in [0.29, 0.717) is 23.3 Å². The highest BCUT2D eigenvalue weighted by Gasteiger charge is 2.34. The Hall–Kier alpha value is -3.62. The van der Waals surface area contributed by atoms with E-state index < -0.39 is 21.7 Å². The average molecular weight is 512 g/mol. The molecule has 0 aliphatic carbocycles. The van der Waals surface area contributed by atoms with Crippen LogP contribution < -0.4 is 9.64 Å². The molecule has 186 valence electrons. The Morgan fingerprint density at radius 1 is 1.00 bits per heavy atom. The molecule has 3 heterocycles. The van der Waals surface area contributed by atoms with E-state index in [1.54, 1.807) is 12.1 Å². The molecule has 0 N–H and O–H groups in total. The maximum absolute atomic E-state index is 14.4. The first-order valence-corrected chi connectivity index (χ1v) is 13.1. The summed E-state index contributed by atoms with van der Waals surface area (Å²) in [5.74, 6) is -1.40. The first kappa shape index (κ1) is 24.1. The standard InChI is InChI=1S/C25H23F2N5O3S/c26-18-8-9-22(20(27)14-18)35-24-19-16-32(36(33,34)23-7-3-2-6-17(23)15-28)13-10-21(19)29-25(30-24)31-11-4-1-5-12-31/h2-3,6-9,14H,1,4-5,10-13,16H2. The highest BCUT2D eigenvalue weighted by atomic mass is 32.2. The Morgan fingerprint density at radius 2 is 1.78 bits per heavy atom. The van der Waals surface area contributed by atoms with Gasteiger partial charge in [-0.3, -0.25) is 0 Å². The lowest BCUT2D eigenvalue weighted by Gasteiger charge is -2.31. The van der Waals surface area contributed by atoms with Crippen LogP contribution in [-0.4, -0.2) is 42.3 Å². The summed E-state index contributed by atoms with van der Waals surface area (Å²) in [6.45, 7) is 1.58. The lowest BCUT2D eigenvalue weighted by Crippen LogP contribution is -2.38. The number of nitriles is 1. The molecule has 0 unspecified atom stereocenters. The molecule has 0 amide bonds. The number of anilines is 1. The third kappa shape index (κ3) is 4.62. The fourth-order valence-corrected chi connectivity index (χ4v) is 6.01. The van der Waals surface area contributed by atoms with Gasteiger partial charge in [-0.1, -0.05) is 12.1 Å². The van der Waals surface area contributed by atoms with E-state index in [9.17, 15) is 22.5 Å². The van der Waals surface area contributed by atoms with Crippen LogP contribution in [0.5, 0.6) is 11.6 Å². The number of ether oxygens (including phenoxy) is 1. The minimum Gasteiger partial charge on any atom is -0.435 e. The Kier molecular flexibility index (Phi) is 6.55. The average Bonchev–Trinajstić information content (AvgIpc) is 2.90. The summed E-state index contributed by atoms with van der Waals surface area (Å²) < 4.78 is 61.8. The van der Waals surface area contributed by atoms with Crippen LogP contribution in [0.25, 0.3) is 0 Å². The summed E-state index contributed by atoms with van der Waals surface area (Å²) in [6, 6.07) is 10.9. The molecule has 36 heavy (non-hydrogen) atoms. The second-order valence-electron chi connectivity index (χ2n) is 8.68. The van der Waals surface area contributed by atoms with E-state index in [-0.39, 0.29) is 41.6 Å². The lowest BCUT2D eigenvalue weighted by molar-refractivity contribution is 0.363. The molecule has 0 spiro atoms. The minimum absolute atomic E-state index is 0.0274. The smallest absolute Gasteiger partial charge is 0.244 e. The number of sulfonamides is 1. The fourth-order valence-electron chi connectivity index (χ4n) is 4.46. The molecule has 11 heteroatoms. The van der Waals surface area contributed by atoms with Gasteiger partial charge in [0.15, 0.2) is 11.6 Å². The van der Waals surface area contributed by atoms with Crippen LogP contribution in [0.4, 0.5) is 14.7 Å². The molecular formula is C25H23F2N5O3S. The Bertz CT molecular complexity index is 1450. The van der Waals surface area contributed by atoms with Gasteiger partial charge in [-0.25, -0.2) is 22.2 Å². The van der Waals surface area contributed by atoms with E-state index in [2.05, 4.69) is 4.98 Å². The number of hydrogen-bond donors (Lipinski definition) is 0. The summed E-state index contributed by atoms with van der Waals surface area (Å²) in [5.41, 5.74) is 1.07. The Balaban J connectivity index is 1.55. The Labute approximate surface area is 207 Å². The molecule has 0 atom stereocenters. The van der Waals surface area contributed by atoms with Gasteiger partial charge in [-0.2, -0.15) is 14.6 Å². The number of benzene rings is 2. The number of piperidine rings is 1. The molecule has 5 rings (SSSR count). The summed E-state index contributed by atoms with van der Waals surface area (Å²) in [6.07, 6.45) is 3.39. The maximum Gasteiger partial charge on any atom is 0.244 e. The predicted octanol–water partition coefficient (Wildman–Crippen LogP) is 4.16. The van der Waals surface area contributed by atoms with Crippen molar-refractivity contribution in [1.29, 1.82) is 5.26 Å². The number of aromatic nitrogens is 2. The highest BCUT2D eigenvalue weighted by molar-refractivity contribution is 7.89. The zero-order chi connectivity index (χ0) is 25.3. The molecule has 1 aromatic heterocycles. The SMILES string of the molecule is N#Cc1ccccc1S(=O)(=O)N1CCc2nc(N3CCCCC3)nc(Oc3ccc(F)cc3F)c2C1. The molecule has 2 aliphatic rings. The highest BCUT2D eigenvalue weighted by Crippen LogP contribution is 2.35. The third-order valence-corrected chi connectivity index (χ3v) is 8.24. The van der Waals surface area contributed by atoms with Crippen molar-refractivity contribution in [2.45, 2.75) is 37.1 Å². The monoisotopic (exact) mass is 511 g/mol. The summed E-state index contributed by atoms with van der Waals surface area (Å²) in [5, 5.41) is 9.41. The van der Waals surface area contributed by atoms with E-state index >= 15 is 0 Å². The molecule has 0 radical (unpaired) electrons. The largest absolute Gasteiger partial charge is 0.435 e. The number of nitrogens with zero attached hydrogens (tertiary/aromatic N) is 5. The number of rotatable bonds is 5. The zero-order valence-electron chi connectivity index (χ0n) is 19.3. The second-order valence-corrected chi connectivity index (χ2v) is 10.6. The van der Waals surface area contributed by atoms with E-state index in [4.69, 9.17) is 9.72 Å². The van der Waals surface area contributed by atoms with Gasteiger partial charge in [0.2, 0.25) is 21.9 Å². The molecular weight excluding hydrogens is 488 g/mol. The van der Waals surface area contributed by atoms with Crippen LogP contribution in [0, 0.1) is 23.0 Å². The summed E-state index contributed by atoms with van der Waals surface area (Å²) in [7, 11) is -4.02. The van der Waals surface area contributed by atoms with Crippen LogP contribution in [0.2, 0.25) is 0 Å². The topological polar surface area (TPSA) is 99.4 Å². The molecule has 1 saturated heterocycles. The van der Waals surface area contributed by atoms with Gasteiger partial charge in [-0.15, -0.1) is 0 Å². The second kappa shape index (κ2) is 9.79. The number of halogens is 2. The number of hydrogen-bond acceptors (Lipinski definition) is 7. The van der Waals surface area contributed by atoms with Crippen molar-refractivity contribution in [3.05, 3.63) is 70.9 Å². The Morgan fingerprint density at radius 3 is 2.53 bits per heavy atom. The van der Waals surface area contributed by atoms with Crippen molar-refractivity contribution in [2.75, 3.05) is 24.5 Å². The molecule has 8 nitrogen and oxygen atoms in total. The maximum atomic E-state index is 14.4. The molecule has 0 saturated carbocycles. The van der Waals surface area contributed by atoms with E-state index in [0.717, 1.165) is 38.4 Å². The van der Waals surface area contributed by atoms with Gasteiger partial charge in [0.1, 0.15) is 11.9 Å². The van der Waals surface area contributed by atoms with Crippen molar-refractivity contribution in [3.8, 4) is 17.7 Å². The van der Waals surface area contributed by atoms with Crippen molar-refractivity contribution in [2.24, 2.45) is 0 Å². The quantitative estimate of drug-likeness (QED) is 0.507. The van der Waals surface area contributed by atoms with E-state index in [1.807, 2.05) is 11.0 Å². The van der Waals surface area contributed by atoms with Crippen molar-refractivity contribution < 1.29 is 21.9 Å². The van der Waals surface area contributed by atoms with Gasteiger partial charge in [0, 0.05) is 38.7 Å². The van der Waals surface area contributed by atoms with Gasteiger partial charge in [-0.05, 0) is 43.5 Å². The summed E-state index contributed by atoms with van der Waals surface area (Å²) >= 11 is 0. The third-order valence-electron chi connectivity index (χ3n) is 6.34. The minimum atomic E-state index is -4.02. The normalized spacial score (nSPS) is 16.3. The molecule has 2 aromatic carbocycles. The van der Waals surface area contributed by atoms with Crippen molar-refractivity contribution >= 4 is 16.0 Å². The van der Waals surface area contributed by atoms with Gasteiger partial charge in [0.05, 0.1) is 21.7 Å². The van der Waals surface area contributed by atoms with Gasteiger partial charge < -0.3 is 9.64 Å². The predicted molar refractivity (Wildman–Crippen MR) is 127 cm³/mol.